The van der Waals surface area contributed by atoms with E-state index >= 15 is 0 Å². The van der Waals surface area contributed by atoms with Crippen LogP contribution < -0.4 is 0 Å². The number of carbonyl (C=O) groups excluding carboxylic acids is 1. The van der Waals surface area contributed by atoms with E-state index in [2.05, 4.69) is 50.9 Å². The van der Waals surface area contributed by atoms with Crippen LogP contribution in [-0.2, 0) is 4.79 Å². The zero-order valence-electron chi connectivity index (χ0n) is 18.0. The number of rotatable bonds is 8. The molecular weight excluding hydrogens is 406 g/mol. The van der Waals surface area contributed by atoms with Crippen molar-refractivity contribution in [3.8, 4) is 17.1 Å². The Morgan fingerprint density at radius 1 is 0.935 bits per heavy atom. The lowest BCUT2D eigenvalue weighted by Crippen LogP contribution is -2.48. The van der Waals surface area contributed by atoms with Gasteiger partial charge < -0.3 is 9.80 Å². The van der Waals surface area contributed by atoms with Gasteiger partial charge in [-0.1, -0.05) is 67.2 Å². The molecule has 0 atom stereocenters. The second-order valence-corrected chi connectivity index (χ2v) is 8.67. The molecule has 0 saturated carbocycles. The fourth-order valence-electron chi connectivity index (χ4n) is 3.81. The molecule has 0 N–H and O–H groups in total. The summed E-state index contributed by atoms with van der Waals surface area (Å²) in [5.74, 6) is 1.94. The SMILES string of the molecule is CCN1CCN(C(=O)CCCSc2nnc(-c3ccccc3)n2-c2ccccc2)CC1. The third-order valence-electron chi connectivity index (χ3n) is 5.62. The smallest absolute Gasteiger partial charge is 0.222 e. The molecule has 31 heavy (non-hydrogen) atoms. The molecule has 162 valence electrons. The van der Waals surface area contributed by atoms with Crippen molar-refractivity contribution in [3.63, 3.8) is 0 Å². The molecular formula is C24H29N5OS. The van der Waals surface area contributed by atoms with Gasteiger partial charge in [-0.25, -0.2) is 0 Å². The molecule has 2 aromatic carbocycles. The number of nitrogens with zero attached hydrogens (tertiary/aromatic N) is 5. The third-order valence-corrected chi connectivity index (χ3v) is 6.63. The zero-order valence-corrected chi connectivity index (χ0v) is 18.8. The van der Waals surface area contributed by atoms with E-state index in [1.54, 1.807) is 11.8 Å². The molecule has 0 radical (unpaired) electrons. The number of hydrogen-bond donors (Lipinski definition) is 0. The van der Waals surface area contributed by atoms with E-state index < -0.39 is 0 Å². The molecule has 0 unspecified atom stereocenters. The van der Waals surface area contributed by atoms with Gasteiger partial charge in [0.15, 0.2) is 11.0 Å². The minimum Gasteiger partial charge on any atom is -0.340 e. The Kier molecular flexibility index (Phi) is 7.38. The van der Waals surface area contributed by atoms with Gasteiger partial charge in [0.25, 0.3) is 0 Å². The van der Waals surface area contributed by atoms with E-state index in [-0.39, 0.29) is 5.91 Å². The van der Waals surface area contributed by atoms with Crippen molar-refractivity contribution in [2.45, 2.75) is 24.9 Å². The van der Waals surface area contributed by atoms with E-state index in [1.165, 1.54) is 0 Å². The van der Waals surface area contributed by atoms with Crippen molar-refractivity contribution in [1.82, 2.24) is 24.6 Å². The lowest BCUT2D eigenvalue weighted by Gasteiger charge is -2.34. The summed E-state index contributed by atoms with van der Waals surface area (Å²) in [6.45, 7) is 6.90. The second kappa shape index (κ2) is 10.6. The summed E-state index contributed by atoms with van der Waals surface area (Å²) in [6.07, 6.45) is 1.42. The Hall–Kier alpha value is -2.64. The third kappa shape index (κ3) is 5.35. The highest BCUT2D eigenvalue weighted by atomic mass is 32.2. The second-order valence-electron chi connectivity index (χ2n) is 7.61. The maximum absolute atomic E-state index is 12.5. The van der Waals surface area contributed by atoms with Gasteiger partial charge in [-0.3, -0.25) is 9.36 Å². The molecule has 3 aromatic rings. The largest absolute Gasteiger partial charge is 0.340 e. The highest BCUT2D eigenvalue weighted by molar-refractivity contribution is 7.99. The number of piperazine rings is 1. The molecule has 1 amide bonds. The summed E-state index contributed by atoms with van der Waals surface area (Å²) in [5, 5.41) is 9.80. The zero-order chi connectivity index (χ0) is 21.5. The van der Waals surface area contributed by atoms with Gasteiger partial charge in [-0.15, -0.1) is 10.2 Å². The molecule has 1 aliphatic rings. The minimum absolute atomic E-state index is 0.269. The Labute approximate surface area is 188 Å². The molecule has 7 heteroatoms. The first kappa shape index (κ1) is 21.6. The number of benzene rings is 2. The lowest BCUT2D eigenvalue weighted by molar-refractivity contribution is -0.132. The molecule has 1 saturated heterocycles. The van der Waals surface area contributed by atoms with Crippen LogP contribution in [0, 0.1) is 0 Å². The average molecular weight is 436 g/mol. The van der Waals surface area contributed by atoms with E-state index in [0.717, 1.165) is 67.1 Å². The molecule has 1 aromatic heterocycles. The summed E-state index contributed by atoms with van der Waals surface area (Å²) >= 11 is 1.66. The van der Waals surface area contributed by atoms with Crippen LogP contribution >= 0.6 is 11.8 Å². The quantitative estimate of drug-likeness (QED) is 0.396. The number of aromatic nitrogens is 3. The van der Waals surface area contributed by atoms with Crippen LogP contribution in [0.25, 0.3) is 17.1 Å². The number of thioether (sulfide) groups is 1. The standard InChI is InChI=1S/C24H29N5OS/c1-2-27-15-17-28(18-16-27)22(30)14-9-19-31-24-26-25-23(20-10-5-3-6-11-20)29(24)21-12-7-4-8-13-21/h3-8,10-13H,2,9,14-19H2,1H3. The monoisotopic (exact) mass is 435 g/mol. The number of carbonyl (C=O) groups is 1. The topological polar surface area (TPSA) is 54.3 Å². The summed E-state index contributed by atoms with van der Waals surface area (Å²) in [4.78, 5) is 16.9. The van der Waals surface area contributed by atoms with Crippen LogP contribution in [-0.4, -0.2) is 68.9 Å². The van der Waals surface area contributed by atoms with E-state index in [4.69, 9.17) is 0 Å². The fraction of sp³-hybridized carbons (Fsp3) is 0.375. The molecule has 0 aliphatic carbocycles. The Balaban J connectivity index is 1.39. The van der Waals surface area contributed by atoms with E-state index in [0.29, 0.717) is 6.42 Å². The number of para-hydroxylation sites is 1. The minimum atomic E-state index is 0.269. The average Bonchev–Trinajstić information content (AvgIpc) is 3.27. The summed E-state index contributed by atoms with van der Waals surface area (Å²) in [5.41, 5.74) is 2.07. The first-order valence-electron chi connectivity index (χ1n) is 11.0. The fourth-order valence-corrected chi connectivity index (χ4v) is 4.70. The molecule has 1 fully saturated rings. The number of likely N-dealkylation sites (N-methyl/N-ethyl adjacent to an activating group) is 1. The molecule has 0 bridgehead atoms. The molecule has 6 nitrogen and oxygen atoms in total. The molecule has 2 heterocycles. The van der Waals surface area contributed by atoms with Crippen LogP contribution in [0.5, 0.6) is 0 Å². The Bertz CT molecular complexity index is 968. The predicted octanol–water partition coefficient (Wildman–Crippen LogP) is 3.97. The first-order valence-corrected chi connectivity index (χ1v) is 11.9. The van der Waals surface area contributed by atoms with Crippen LogP contribution in [0.2, 0.25) is 0 Å². The van der Waals surface area contributed by atoms with E-state index in [9.17, 15) is 4.79 Å². The molecule has 4 rings (SSSR count). The van der Waals surface area contributed by atoms with Crippen molar-refractivity contribution < 1.29 is 4.79 Å². The van der Waals surface area contributed by atoms with Gasteiger partial charge in [-0.05, 0) is 25.1 Å². The van der Waals surface area contributed by atoms with Crippen molar-refractivity contribution in [1.29, 1.82) is 0 Å². The van der Waals surface area contributed by atoms with Gasteiger partial charge in [0.1, 0.15) is 0 Å². The van der Waals surface area contributed by atoms with Crippen molar-refractivity contribution in [3.05, 3.63) is 60.7 Å². The first-order chi connectivity index (χ1) is 15.3. The van der Waals surface area contributed by atoms with Crippen molar-refractivity contribution >= 4 is 17.7 Å². The molecule has 0 spiro atoms. The van der Waals surface area contributed by atoms with E-state index in [1.807, 2.05) is 41.3 Å². The van der Waals surface area contributed by atoms with Crippen LogP contribution in [0.4, 0.5) is 0 Å². The highest BCUT2D eigenvalue weighted by Gasteiger charge is 2.20. The van der Waals surface area contributed by atoms with Gasteiger partial charge in [0, 0.05) is 49.6 Å². The Morgan fingerprint density at radius 3 is 2.29 bits per heavy atom. The van der Waals surface area contributed by atoms with Gasteiger partial charge in [0.2, 0.25) is 5.91 Å². The van der Waals surface area contributed by atoms with Gasteiger partial charge >= 0.3 is 0 Å². The predicted molar refractivity (Wildman–Crippen MR) is 125 cm³/mol. The normalized spacial score (nSPS) is 14.7. The highest BCUT2D eigenvalue weighted by Crippen LogP contribution is 2.28. The maximum Gasteiger partial charge on any atom is 0.222 e. The maximum atomic E-state index is 12.5. The summed E-state index contributed by atoms with van der Waals surface area (Å²) in [7, 11) is 0. The molecule has 1 aliphatic heterocycles. The van der Waals surface area contributed by atoms with Gasteiger partial charge in [-0.2, -0.15) is 0 Å². The number of amides is 1. The van der Waals surface area contributed by atoms with Crippen molar-refractivity contribution in [2.24, 2.45) is 0 Å². The van der Waals surface area contributed by atoms with Crippen molar-refractivity contribution in [2.75, 3.05) is 38.5 Å². The summed E-state index contributed by atoms with van der Waals surface area (Å²) < 4.78 is 2.10. The lowest BCUT2D eigenvalue weighted by atomic mass is 10.2. The Morgan fingerprint density at radius 2 is 1.61 bits per heavy atom. The van der Waals surface area contributed by atoms with Crippen LogP contribution in [0.3, 0.4) is 0 Å². The van der Waals surface area contributed by atoms with Gasteiger partial charge in [0.05, 0.1) is 0 Å². The van der Waals surface area contributed by atoms with Crippen LogP contribution in [0.15, 0.2) is 65.8 Å². The summed E-state index contributed by atoms with van der Waals surface area (Å²) in [6, 6.07) is 20.3. The van der Waals surface area contributed by atoms with Crippen LogP contribution in [0.1, 0.15) is 19.8 Å². The number of hydrogen-bond acceptors (Lipinski definition) is 5.